The first kappa shape index (κ1) is 72.6. The molecule has 0 fully saturated rings. The second-order valence-corrected chi connectivity index (χ2v) is 22.7. The molecule has 0 rings (SSSR count). The lowest BCUT2D eigenvalue weighted by atomic mass is 10.0. The summed E-state index contributed by atoms with van der Waals surface area (Å²) in [6.45, 7) is 4.49. The number of rotatable bonds is 54. The van der Waals surface area contributed by atoms with Gasteiger partial charge in [-0.2, -0.15) is 0 Å². The van der Waals surface area contributed by atoms with E-state index >= 15 is 0 Å². The molecule has 1 amide bonds. The van der Waals surface area contributed by atoms with Crippen LogP contribution >= 0.6 is 7.82 Å². The number of hydrogen-bond donors (Lipinski definition) is 2. The number of phosphoric acid groups is 1. The number of nitrogens with zero attached hydrogens (tertiary/aromatic N) is 1. The monoisotopic (exact) mass is 1070 g/mol. The van der Waals surface area contributed by atoms with Crippen LogP contribution in [0.2, 0.25) is 0 Å². The Balaban J connectivity index is 4.35. The normalized spacial score (nSPS) is 14.8. The van der Waals surface area contributed by atoms with Crippen molar-refractivity contribution >= 4 is 13.7 Å². The Morgan fingerprint density at radius 3 is 1.22 bits per heavy atom. The lowest BCUT2D eigenvalue weighted by molar-refractivity contribution is -0.870. The van der Waals surface area contributed by atoms with Gasteiger partial charge >= 0.3 is 0 Å². The molecule has 0 aromatic rings. The van der Waals surface area contributed by atoms with Gasteiger partial charge in [-0.3, -0.25) is 9.36 Å². The van der Waals surface area contributed by atoms with Crippen molar-refractivity contribution in [1.29, 1.82) is 0 Å². The maximum Gasteiger partial charge on any atom is 0.268 e. The predicted molar refractivity (Wildman–Crippen MR) is 329 cm³/mol. The van der Waals surface area contributed by atoms with E-state index in [4.69, 9.17) is 9.05 Å². The highest BCUT2D eigenvalue weighted by atomic mass is 31.2. The zero-order valence-electron chi connectivity index (χ0n) is 49.4. The first-order chi connectivity index (χ1) is 37.0. The number of nitrogens with one attached hydrogen (secondary N) is 1. The van der Waals surface area contributed by atoms with Gasteiger partial charge in [0.2, 0.25) is 5.91 Å². The largest absolute Gasteiger partial charge is 0.756 e. The number of aliphatic hydroxyl groups excluding tert-OH is 1. The molecule has 2 N–H and O–H groups in total. The quantitative estimate of drug-likeness (QED) is 0.0272. The number of amides is 1. The fourth-order valence-electron chi connectivity index (χ4n) is 8.10. The third-order valence-corrected chi connectivity index (χ3v) is 13.8. The number of allylic oxidation sites excluding steroid dienone is 21. The van der Waals surface area contributed by atoms with E-state index in [-0.39, 0.29) is 18.9 Å². The van der Waals surface area contributed by atoms with Crippen molar-refractivity contribution in [2.24, 2.45) is 0 Å². The summed E-state index contributed by atoms with van der Waals surface area (Å²) in [5.41, 5.74) is 0. The number of phosphoric ester groups is 1. The summed E-state index contributed by atoms with van der Waals surface area (Å²) in [7, 11) is 1.20. The Hall–Kier alpha value is -3.36. The Kier molecular flexibility index (Phi) is 53.9. The highest BCUT2D eigenvalue weighted by Crippen LogP contribution is 2.38. The second-order valence-electron chi connectivity index (χ2n) is 21.3. The zero-order valence-corrected chi connectivity index (χ0v) is 50.3. The molecule has 76 heavy (non-hydrogen) atoms. The zero-order chi connectivity index (χ0) is 55.6. The molecule has 0 aromatic carbocycles. The molecule has 0 aliphatic rings. The first-order valence-corrected chi connectivity index (χ1v) is 32.0. The standard InChI is InChI=1S/C67H115N2O6P/c1-6-8-10-12-14-16-18-20-22-24-26-28-30-31-32-33-34-35-36-37-39-41-43-45-47-49-51-53-55-57-59-61-67(71)68-65(64-75-76(72,73)74-63-62-69(3,4)5)66(70)60-58-56-54-52-50-48-46-44-42-40-38-29-27-25-23-21-19-17-15-13-11-9-7-2/h8,10,14,16,20,22,26,28,31-32,34-35,37,39,43,45,49-52,58,60,65-66,70H,6-7,9,11-13,15,17-19,21,23-25,27,29-30,33,36,38,40-42,44,46-48,53-57,59,61-64H2,1-5H3,(H-,68,71,72,73)/b10-8-,16-14-,22-20-,28-26-,32-31-,35-34-,39-37-,45-43-,51-49-,52-50+,60-58+. The fraction of sp³-hybridized carbons (Fsp3) is 0.657. The van der Waals surface area contributed by atoms with Crippen LogP contribution < -0.4 is 10.2 Å². The summed E-state index contributed by atoms with van der Waals surface area (Å²) in [5.74, 6) is -0.243. The van der Waals surface area contributed by atoms with Crippen molar-refractivity contribution in [3.05, 3.63) is 134 Å². The average Bonchev–Trinajstić information content (AvgIpc) is 3.38. The molecule has 434 valence electrons. The molecule has 0 aromatic heterocycles. The van der Waals surface area contributed by atoms with Gasteiger partial charge in [-0.1, -0.05) is 257 Å². The summed E-state index contributed by atoms with van der Waals surface area (Å²) >= 11 is 0. The number of quaternary nitrogens is 1. The van der Waals surface area contributed by atoms with Crippen molar-refractivity contribution in [2.45, 2.75) is 244 Å². The first-order valence-electron chi connectivity index (χ1n) is 30.5. The van der Waals surface area contributed by atoms with Crippen LogP contribution in [-0.4, -0.2) is 68.5 Å². The Labute approximate surface area is 468 Å². The molecule has 0 saturated heterocycles. The summed E-state index contributed by atoms with van der Waals surface area (Å²) in [4.78, 5) is 25.5. The molecule has 0 radical (unpaired) electrons. The van der Waals surface area contributed by atoms with Crippen molar-refractivity contribution in [1.82, 2.24) is 5.32 Å². The van der Waals surface area contributed by atoms with Crippen molar-refractivity contribution in [3.63, 3.8) is 0 Å². The van der Waals surface area contributed by atoms with Crippen LogP contribution in [0.15, 0.2) is 134 Å². The topological polar surface area (TPSA) is 108 Å². The molecule has 0 aliphatic carbocycles. The van der Waals surface area contributed by atoms with Gasteiger partial charge in [0, 0.05) is 6.42 Å². The maximum atomic E-state index is 13.0. The fourth-order valence-corrected chi connectivity index (χ4v) is 8.83. The number of unbranched alkanes of at least 4 members (excludes halogenated alkanes) is 21. The summed E-state index contributed by atoms with van der Waals surface area (Å²) in [6.07, 6.45) is 85.4. The van der Waals surface area contributed by atoms with E-state index in [9.17, 15) is 19.4 Å². The minimum absolute atomic E-state index is 0.0207. The van der Waals surface area contributed by atoms with Gasteiger partial charge in [0.05, 0.1) is 39.9 Å². The molecule has 0 saturated carbocycles. The van der Waals surface area contributed by atoms with Gasteiger partial charge in [0.1, 0.15) is 13.2 Å². The highest BCUT2D eigenvalue weighted by Gasteiger charge is 2.23. The summed E-state index contributed by atoms with van der Waals surface area (Å²) in [6, 6.07) is -0.933. The third kappa shape index (κ3) is 58.3. The van der Waals surface area contributed by atoms with Gasteiger partial charge in [-0.05, 0) is 103 Å². The SMILES string of the molecule is CC/C=C\C/C=C\C/C=C\C/C=C\C/C=C\C/C=C\C/C=C\C/C=C\C/C=C\CCCCCC(=O)NC(COP(=O)([O-])OCC[N+](C)(C)C)C(O)/C=C/CC/C=C/CCCCCCCCCCCCCCCCCCC. The smallest absolute Gasteiger partial charge is 0.268 e. The van der Waals surface area contributed by atoms with Crippen LogP contribution in [0.5, 0.6) is 0 Å². The molecule has 8 nitrogen and oxygen atoms in total. The Bertz CT molecular complexity index is 1700. The van der Waals surface area contributed by atoms with Gasteiger partial charge in [-0.25, -0.2) is 0 Å². The van der Waals surface area contributed by atoms with E-state index in [1.54, 1.807) is 6.08 Å². The van der Waals surface area contributed by atoms with Crippen LogP contribution in [0.4, 0.5) is 0 Å². The molecule has 0 heterocycles. The summed E-state index contributed by atoms with van der Waals surface area (Å²) < 4.78 is 23.3. The number of carbonyl (C=O) groups is 1. The molecule has 0 spiro atoms. The minimum Gasteiger partial charge on any atom is -0.756 e. The van der Waals surface area contributed by atoms with E-state index in [1.165, 1.54) is 109 Å². The van der Waals surface area contributed by atoms with Gasteiger partial charge in [0.25, 0.3) is 7.82 Å². The molecule has 3 atom stereocenters. The van der Waals surface area contributed by atoms with Gasteiger partial charge in [-0.15, -0.1) is 0 Å². The lowest BCUT2D eigenvalue weighted by Gasteiger charge is -2.29. The van der Waals surface area contributed by atoms with Crippen LogP contribution in [0.25, 0.3) is 0 Å². The van der Waals surface area contributed by atoms with Crippen LogP contribution in [0, 0.1) is 0 Å². The molecular weight excluding hydrogens is 960 g/mol. The number of likely N-dealkylation sites (N-methyl/N-ethyl adjacent to an activating group) is 1. The lowest BCUT2D eigenvalue weighted by Crippen LogP contribution is -2.45. The molecule has 3 unspecified atom stereocenters. The van der Waals surface area contributed by atoms with E-state index in [0.717, 1.165) is 96.3 Å². The Morgan fingerprint density at radius 2 is 0.816 bits per heavy atom. The van der Waals surface area contributed by atoms with Crippen LogP contribution in [0.3, 0.4) is 0 Å². The van der Waals surface area contributed by atoms with Crippen molar-refractivity contribution in [2.75, 3.05) is 40.9 Å². The second kappa shape index (κ2) is 56.4. The molecule has 0 aliphatic heterocycles. The van der Waals surface area contributed by atoms with E-state index in [2.05, 4.69) is 141 Å². The van der Waals surface area contributed by atoms with E-state index in [0.29, 0.717) is 17.4 Å². The summed E-state index contributed by atoms with van der Waals surface area (Å²) in [5, 5.41) is 13.9. The number of hydrogen-bond acceptors (Lipinski definition) is 6. The van der Waals surface area contributed by atoms with E-state index < -0.39 is 26.6 Å². The van der Waals surface area contributed by atoms with Crippen LogP contribution in [0.1, 0.15) is 232 Å². The van der Waals surface area contributed by atoms with Gasteiger partial charge in [0.15, 0.2) is 0 Å². The van der Waals surface area contributed by atoms with E-state index in [1.807, 2.05) is 27.2 Å². The number of carbonyl (C=O) groups excluding carboxylic acids is 1. The van der Waals surface area contributed by atoms with Crippen LogP contribution in [-0.2, 0) is 18.4 Å². The molecule has 9 heteroatoms. The predicted octanol–water partition coefficient (Wildman–Crippen LogP) is 18.5. The average molecular weight is 1080 g/mol. The molecule has 0 bridgehead atoms. The number of aliphatic hydroxyl groups is 1. The maximum absolute atomic E-state index is 13.0. The minimum atomic E-state index is -4.63. The van der Waals surface area contributed by atoms with Gasteiger partial charge < -0.3 is 28.8 Å². The third-order valence-electron chi connectivity index (χ3n) is 12.8. The highest BCUT2D eigenvalue weighted by molar-refractivity contribution is 7.45. The van der Waals surface area contributed by atoms with Crippen molar-refractivity contribution < 1.29 is 32.9 Å². The Morgan fingerprint density at radius 1 is 0.474 bits per heavy atom. The van der Waals surface area contributed by atoms with Crippen molar-refractivity contribution in [3.8, 4) is 0 Å². The molecular formula is C67H115N2O6P.